The number of rotatable bonds is 13. The average molecular weight is 498 g/mol. The van der Waals surface area contributed by atoms with Crippen molar-refractivity contribution in [2.45, 2.75) is 65.4 Å². The van der Waals surface area contributed by atoms with Gasteiger partial charge in [-0.15, -0.1) is 0 Å². The van der Waals surface area contributed by atoms with Gasteiger partial charge in [0.15, 0.2) is 0 Å². The first-order chi connectivity index (χ1) is 17.0. The minimum Gasteiger partial charge on any atom is -0.481 e. The highest BCUT2D eigenvalue weighted by Crippen LogP contribution is 2.33. The molecule has 1 atom stereocenters. The highest BCUT2D eigenvalue weighted by molar-refractivity contribution is 5.81. The van der Waals surface area contributed by atoms with Gasteiger partial charge in [-0.25, -0.2) is 4.79 Å². The van der Waals surface area contributed by atoms with Gasteiger partial charge in [-0.1, -0.05) is 74.9 Å². The van der Waals surface area contributed by atoms with Crippen LogP contribution in [0.4, 0.5) is 4.79 Å². The molecule has 0 aromatic heterocycles. The molecule has 7 nitrogen and oxygen atoms in total. The van der Waals surface area contributed by atoms with Crippen molar-refractivity contribution in [1.29, 1.82) is 0 Å². The summed E-state index contributed by atoms with van der Waals surface area (Å²) in [6, 6.07) is 16.7. The third kappa shape index (κ3) is 8.70. The molecule has 2 rings (SSSR count). The van der Waals surface area contributed by atoms with Crippen LogP contribution in [0.25, 0.3) is 0 Å². The number of carbonyl (C=O) groups is 3. The van der Waals surface area contributed by atoms with Gasteiger partial charge in [0, 0.05) is 13.6 Å². The second-order valence-corrected chi connectivity index (χ2v) is 10.2. The second-order valence-electron chi connectivity index (χ2n) is 10.2. The number of carbonyl (C=O) groups excluding carboxylic acids is 2. The molecule has 0 aliphatic heterocycles. The van der Waals surface area contributed by atoms with E-state index in [0.29, 0.717) is 31.6 Å². The van der Waals surface area contributed by atoms with E-state index in [-0.39, 0.29) is 30.5 Å². The molecule has 0 heterocycles. The Morgan fingerprint density at radius 1 is 0.889 bits per heavy atom. The number of ether oxygens (including phenoxy) is 2. The number of amides is 1. The molecule has 1 unspecified atom stereocenters. The van der Waals surface area contributed by atoms with Crippen molar-refractivity contribution in [3.8, 4) is 0 Å². The van der Waals surface area contributed by atoms with Crippen LogP contribution < -0.4 is 0 Å². The lowest BCUT2D eigenvalue weighted by molar-refractivity contribution is -0.144. The Hall–Kier alpha value is -3.35. The molecule has 1 amide bonds. The summed E-state index contributed by atoms with van der Waals surface area (Å²) in [5.74, 6) is -1.19. The van der Waals surface area contributed by atoms with E-state index < -0.39 is 11.4 Å². The maximum Gasteiger partial charge on any atom is 0.409 e. The highest BCUT2D eigenvalue weighted by Gasteiger charge is 2.35. The second kappa shape index (κ2) is 13.1. The number of nitrogens with zero attached hydrogens (tertiary/aromatic N) is 1. The summed E-state index contributed by atoms with van der Waals surface area (Å²) in [4.78, 5) is 37.9. The number of benzene rings is 2. The van der Waals surface area contributed by atoms with Crippen molar-refractivity contribution in [3.63, 3.8) is 0 Å². The van der Waals surface area contributed by atoms with Crippen LogP contribution in [0.2, 0.25) is 0 Å². The fraction of sp³-hybridized carbons (Fsp3) is 0.483. The third-order valence-electron chi connectivity index (χ3n) is 6.43. The molecular formula is C29H39NO6. The Morgan fingerprint density at radius 2 is 1.53 bits per heavy atom. The normalized spacial score (nSPS) is 12.9. The number of carboxylic acid groups (broad SMARTS) is 1. The van der Waals surface area contributed by atoms with Crippen molar-refractivity contribution in [3.05, 3.63) is 71.3 Å². The van der Waals surface area contributed by atoms with E-state index >= 15 is 0 Å². The summed E-state index contributed by atoms with van der Waals surface area (Å²) < 4.78 is 10.4. The summed E-state index contributed by atoms with van der Waals surface area (Å²) in [5, 5.41) is 10.0. The Morgan fingerprint density at radius 3 is 2.11 bits per heavy atom. The van der Waals surface area contributed by atoms with E-state index in [4.69, 9.17) is 9.47 Å². The Balaban J connectivity index is 1.91. The van der Waals surface area contributed by atoms with Crippen molar-refractivity contribution < 1.29 is 29.0 Å². The number of aliphatic carboxylic acids is 1. The summed E-state index contributed by atoms with van der Waals surface area (Å²) in [6.45, 7) is 8.67. The quantitative estimate of drug-likeness (QED) is 0.362. The number of esters is 1. The standard InChI is InChI=1S/C29H39NO6/c1-6-35-25(31)19-22-13-15-24(16-14-22)29(4,26(32)33)18-10-17-28(2,3)21-30(5)27(34)36-20-23-11-8-7-9-12-23/h7-9,11-16H,6,10,17-21H2,1-5H3,(H,32,33). The van der Waals surface area contributed by atoms with Gasteiger partial charge < -0.3 is 19.5 Å². The lowest BCUT2D eigenvalue weighted by Crippen LogP contribution is -2.37. The molecule has 1 N–H and O–H groups in total. The molecular weight excluding hydrogens is 458 g/mol. The van der Waals surface area contributed by atoms with Gasteiger partial charge in [0.05, 0.1) is 18.4 Å². The smallest absolute Gasteiger partial charge is 0.409 e. The molecule has 0 bridgehead atoms. The van der Waals surface area contributed by atoms with Crippen LogP contribution in [-0.2, 0) is 37.5 Å². The van der Waals surface area contributed by atoms with Gasteiger partial charge in [0.1, 0.15) is 6.61 Å². The lowest BCUT2D eigenvalue weighted by Gasteiger charge is -2.32. The van der Waals surface area contributed by atoms with E-state index in [0.717, 1.165) is 17.5 Å². The van der Waals surface area contributed by atoms with Gasteiger partial charge in [-0.3, -0.25) is 9.59 Å². The first-order valence-corrected chi connectivity index (χ1v) is 12.4. The van der Waals surface area contributed by atoms with Crippen LogP contribution in [-0.4, -0.2) is 48.2 Å². The van der Waals surface area contributed by atoms with Gasteiger partial charge in [0.25, 0.3) is 0 Å². The lowest BCUT2D eigenvalue weighted by atomic mass is 9.75. The predicted octanol–water partition coefficient (Wildman–Crippen LogP) is 5.60. The molecule has 2 aromatic carbocycles. The molecule has 2 aromatic rings. The topological polar surface area (TPSA) is 93.1 Å². The molecule has 0 saturated carbocycles. The first-order valence-electron chi connectivity index (χ1n) is 12.4. The fourth-order valence-corrected chi connectivity index (χ4v) is 4.28. The summed E-state index contributed by atoms with van der Waals surface area (Å²) in [6.07, 6.45) is 1.64. The van der Waals surface area contributed by atoms with Gasteiger partial charge in [-0.05, 0) is 48.8 Å². The zero-order valence-electron chi connectivity index (χ0n) is 22.1. The first kappa shape index (κ1) is 28.9. The van der Waals surface area contributed by atoms with Crippen LogP contribution in [0.5, 0.6) is 0 Å². The molecule has 0 aliphatic rings. The Labute approximate surface area is 214 Å². The number of hydrogen-bond acceptors (Lipinski definition) is 5. The largest absolute Gasteiger partial charge is 0.481 e. The molecule has 7 heteroatoms. The minimum atomic E-state index is -1.06. The average Bonchev–Trinajstić information content (AvgIpc) is 2.83. The monoisotopic (exact) mass is 497 g/mol. The molecule has 0 fully saturated rings. The number of hydrogen-bond donors (Lipinski definition) is 1. The molecule has 0 saturated heterocycles. The fourth-order valence-electron chi connectivity index (χ4n) is 4.28. The molecule has 196 valence electrons. The van der Waals surface area contributed by atoms with Crippen molar-refractivity contribution in [2.75, 3.05) is 20.2 Å². The predicted molar refractivity (Wildman–Crippen MR) is 139 cm³/mol. The van der Waals surface area contributed by atoms with Gasteiger partial charge in [0.2, 0.25) is 0 Å². The maximum absolute atomic E-state index is 12.4. The van der Waals surface area contributed by atoms with E-state index in [1.165, 1.54) is 0 Å². The molecule has 36 heavy (non-hydrogen) atoms. The summed E-state index contributed by atoms with van der Waals surface area (Å²) in [5.41, 5.74) is 1.14. The zero-order valence-corrected chi connectivity index (χ0v) is 22.1. The van der Waals surface area contributed by atoms with Crippen LogP contribution in [0.15, 0.2) is 54.6 Å². The SMILES string of the molecule is CCOC(=O)Cc1ccc(C(C)(CCCC(C)(C)CN(C)C(=O)OCc2ccccc2)C(=O)O)cc1. The van der Waals surface area contributed by atoms with Crippen LogP contribution in [0, 0.1) is 5.41 Å². The maximum atomic E-state index is 12.4. The van der Waals surface area contributed by atoms with Crippen LogP contribution >= 0.6 is 0 Å². The van der Waals surface area contributed by atoms with Crippen LogP contribution in [0.3, 0.4) is 0 Å². The summed E-state index contributed by atoms with van der Waals surface area (Å²) in [7, 11) is 1.72. The molecule has 0 radical (unpaired) electrons. The zero-order chi connectivity index (χ0) is 26.8. The minimum absolute atomic E-state index is 0.160. The van der Waals surface area contributed by atoms with E-state index in [2.05, 4.69) is 13.8 Å². The van der Waals surface area contributed by atoms with Crippen LogP contribution in [0.1, 0.15) is 63.6 Å². The van der Waals surface area contributed by atoms with E-state index in [1.807, 2.05) is 30.3 Å². The van der Waals surface area contributed by atoms with E-state index in [1.54, 1.807) is 50.1 Å². The summed E-state index contributed by atoms with van der Waals surface area (Å²) >= 11 is 0. The van der Waals surface area contributed by atoms with Crippen molar-refractivity contribution in [2.24, 2.45) is 5.41 Å². The van der Waals surface area contributed by atoms with E-state index in [9.17, 15) is 19.5 Å². The van der Waals surface area contributed by atoms with Crippen molar-refractivity contribution >= 4 is 18.0 Å². The third-order valence-corrected chi connectivity index (χ3v) is 6.43. The highest BCUT2D eigenvalue weighted by atomic mass is 16.6. The number of carboxylic acids is 1. The molecule has 0 aliphatic carbocycles. The molecule has 0 spiro atoms. The van der Waals surface area contributed by atoms with Crippen molar-refractivity contribution in [1.82, 2.24) is 4.90 Å². The van der Waals surface area contributed by atoms with Gasteiger partial charge >= 0.3 is 18.0 Å². The van der Waals surface area contributed by atoms with Gasteiger partial charge in [-0.2, -0.15) is 0 Å². The Kier molecular flexibility index (Phi) is 10.5. The Bertz CT molecular complexity index is 1000.